The van der Waals surface area contributed by atoms with Crippen LogP contribution in [0.5, 0.6) is 0 Å². The molecule has 0 aliphatic carbocycles. The largest absolute Gasteiger partial charge is 0.481 e. The van der Waals surface area contributed by atoms with Crippen LogP contribution in [-0.4, -0.2) is 32.8 Å². The number of nitrogens with zero attached hydrogens (tertiary/aromatic N) is 2. The topological polar surface area (TPSA) is 84.2 Å². The third-order valence-corrected chi connectivity index (χ3v) is 4.44. The van der Waals surface area contributed by atoms with Crippen molar-refractivity contribution in [2.24, 2.45) is 0 Å². The summed E-state index contributed by atoms with van der Waals surface area (Å²) in [5, 5.41) is 16.3. The summed E-state index contributed by atoms with van der Waals surface area (Å²) in [7, 11) is 0. The number of aryl methyl sites for hydroxylation is 1. The monoisotopic (exact) mass is 357 g/mol. The average Bonchev–Trinajstić information content (AvgIpc) is 2.99. The maximum absolute atomic E-state index is 12.7. The van der Waals surface area contributed by atoms with E-state index in [1.54, 1.807) is 6.20 Å². The Morgan fingerprint density at radius 1 is 1.27 bits per heavy atom. The Morgan fingerprint density at radius 3 is 2.65 bits per heavy atom. The molecule has 2 N–H and O–H groups in total. The highest BCUT2D eigenvalue weighted by Gasteiger charge is 2.19. The van der Waals surface area contributed by atoms with E-state index in [2.05, 4.69) is 17.3 Å². The molecule has 0 saturated carbocycles. The van der Waals surface area contributed by atoms with Crippen molar-refractivity contribution in [2.45, 2.75) is 58.5 Å². The molecule has 0 fully saturated rings. The van der Waals surface area contributed by atoms with Crippen LogP contribution in [0.1, 0.15) is 54.2 Å². The number of benzene rings is 1. The molecule has 0 aliphatic heterocycles. The molecule has 26 heavy (non-hydrogen) atoms. The van der Waals surface area contributed by atoms with Crippen molar-refractivity contribution >= 4 is 11.9 Å². The van der Waals surface area contributed by atoms with E-state index < -0.39 is 5.97 Å². The van der Waals surface area contributed by atoms with Crippen molar-refractivity contribution in [3.8, 4) is 0 Å². The van der Waals surface area contributed by atoms with Crippen LogP contribution in [0.2, 0.25) is 0 Å². The fraction of sp³-hybridized carbons (Fsp3) is 0.450. The third kappa shape index (κ3) is 5.72. The van der Waals surface area contributed by atoms with Crippen molar-refractivity contribution in [3.05, 3.63) is 53.3 Å². The molecule has 1 amide bonds. The molecule has 2 aromatic rings. The number of aromatic nitrogens is 2. The Labute approximate surface area is 154 Å². The number of hydrogen-bond acceptors (Lipinski definition) is 3. The van der Waals surface area contributed by atoms with E-state index in [0.717, 1.165) is 30.6 Å². The molecule has 0 radical (unpaired) electrons. The van der Waals surface area contributed by atoms with Gasteiger partial charge in [0.2, 0.25) is 0 Å². The van der Waals surface area contributed by atoms with Gasteiger partial charge in [-0.05, 0) is 31.7 Å². The zero-order chi connectivity index (χ0) is 18.9. The molecule has 6 heteroatoms. The van der Waals surface area contributed by atoms with Gasteiger partial charge in [0.25, 0.3) is 5.91 Å². The number of nitrogens with one attached hydrogen (secondary N) is 1. The van der Waals surface area contributed by atoms with E-state index in [0.29, 0.717) is 18.4 Å². The van der Waals surface area contributed by atoms with Gasteiger partial charge in [-0.1, -0.05) is 43.7 Å². The summed E-state index contributed by atoms with van der Waals surface area (Å²) in [6.45, 7) is 4.80. The Balaban J connectivity index is 2.07. The molecule has 1 unspecified atom stereocenters. The molecule has 1 heterocycles. The summed E-state index contributed by atoms with van der Waals surface area (Å²) in [6.07, 6.45) is 4.68. The molecule has 6 nitrogen and oxygen atoms in total. The molecule has 2 rings (SSSR count). The van der Waals surface area contributed by atoms with Crippen LogP contribution in [0, 0.1) is 6.92 Å². The van der Waals surface area contributed by atoms with Crippen molar-refractivity contribution < 1.29 is 14.7 Å². The minimum Gasteiger partial charge on any atom is -0.481 e. The first kappa shape index (κ1) is 19.7. The van der Waals surface area contributed by atoms with Gasteiger partial charge in [-0.15, -0.1) is 0 Å². The van der Waals surface area contributed by atoms with Gasteiger partial charge in [-0.25, -0.2) is 0 Å². The quantitative estimate of drug-likeness (QED) is 0.684. The summed E-state index contributed by atoms with van der Waals surface area (Å²) >= 11 is 0. The number of carboxylic acids is 1. The third-order valence-electron chi connectivity index (χ3n) is 4.44. The molecule has 1 aromatic carbocycles. The highest BCUT2D eigenvalue weighted by atomic mass is 16.4. The van der Waals surface area contributed by atoms with E-state index in [1.165, 1.54) is 0 Å². The first-order valence-electron chi connectivity index (χ1n) is 9.10. The molecule has 0 spiro atoms. The van der Waals surface area contributed by atoms with Crippen molar-refractivity contribution in [1.29, 1.82) is 0 Å². The van der Waals surface area contributed by atoms with Crippen LogP contribution in [0.25, 0.3) is 0 Å². The zero-order valence-electron chi connectivity index (χ0n) is 15.4. The highest BCUT2D eigenvalue weighted by molar-refractivity contribution is 5.95. The van der Waals surface area contributed by atoms with E-state index in [4.69, 9.17) is 5.11 Å². The number of amides is 1. The lowest BCUT2D eigenvalue weighted by Crippen LogP contribution is -2.37. The van der Waals surface area contributed by atoms with E-state index in [9.17, 15) is 9.59 Å². The highest BCUT2D eigenvalue weighted by Crippen LogP contribution is 2.12. The van der Waals surface area contributed by atoms with E-state index in [-0.39, 0.29) is 18.4 Å². The Kier molecular flexibility index (Phi) is 7.38. The summed E-state index contributed by atoms with van der Waals surface area (Å²) in [5.41, 5.74) is 2.46. The summed E-state index contributed by atoms with van der Waals surface area (Å²) < 4.78 is 1.85. The smallest absolute Gasteiger partial charge is 0.303 e. The fourth-order valence-electron chi connectivity index (χ4n) is 2.89. The van der Waals surface area contributed by atoms with Gasteiger partial charge in [0, 0.05) is 24.7 Å². The fourth-order valence-corrected chi connectivity index (χ4v) is 2.89. The van der Waals surface area contributed by atoms with Crippen LogP contribution in [0.15, 0.2) is 36.5 Å². The second-order valence-corrected chi connectivity index (χ2v) is 6.51. The number of carboxylic acid groups (broad SMARTS) is 1. The molecule has 1 aromatic heterocycles. The van der Waals surface area contributed by atoms with Gasteiger partial charge < -0.3 is 10.4 Å². The van der Waals surface area contributed by atoms with Gasteiger partial charge >= 0.3 is 5.97 Å². The number of aliphatic carboxylic acids is 1. The maximum atomic E-state index is 12.7. The van der Waals surface area contributed by atoms with Gasteiger partial charge in [-0.2, -0.15) is 5.10 Å². The Hall–Kier alpha value is -2.63. The summed E-state index contributed by atoms with van der Waals surface area (Å²) in [5.74, 6) is -1.06. The lowest BCUT2D eigenvalue weighted by molar-refractivity contribution is -0.137. The van der Waals surface area contributed by atoms with Crippen LogP contribution in [0.3, 0.4) is 0 Å². The minimum atomic E-state index is -0.860. The average molecular weight is 357 g/mol. The molecule has 140 valence electrons. The van der Waals surface area contributed by atoms with Gasteiger partial charge in [0.15, 0.2) is 0 Å². The lowest BCUT2D eigenvalue weighted by atomic mass is 10.0. The predicted molar refractivity (Wildman–Crippen MR) is 100 cm³/mol. The van der Waals surface area contributed by atoms with Crippen LogP contribution in [-0.2, 0) is 17.8 Å². The van der Waals surface area contributed by atoms with E-state index >= 15 is 0 Å². The number of rotatable bonds is 10. The number of carbonyl (C=O) groups is 2. The first-order chi connectivity index (χ1) is 12.5. The second-order valence-electron chi connectivity index (χ2n) is 6.51. The normalized spacial score (nSPS) is 11.9. The maximum Gasteiger partial charge on any atom is 0.303 e. The molecular weight excluding hydrogens is 330 g/mol. The van der Waals surface area contributed by atoms with Crippen molar-refractivity contribution in [1.82, 2.24) is 15.1 Å². The number of carbonyl (C=O) groups excluding carboxylic acids is 1. The number of unbranched alkanes of at least 4 members (excludes halogenated alkanes) is 1. The molecule has 0 saturated heterocycles. The second kappa shape index (κ2) is 9.75. The Morgan fingerprint density at radius 2 is 2.00 bits per heavy atom. The molecule has 1 atom stereocenters. The van der Waals surface area contributed by atoms with Crippen LogP contribution >= 0.6 is 0 Å². The summed E-state index contributed by atoms with van der Waals surface area (Å²) in [6, 6.07) is 9.53. The van der Waals surface area contributed by atoms with Gasteiger partial charge in [0.05, 0.1) is 11.8 Å². The molecule has 0 aliphatic rings. The standard InChI is InChI=1S/C20H27N3O3/c1-3-4-12-23-15(2)18(14-21-23)20(26)22-17(10-11-19(24)25)13-16-8-6-5-7-9-16/h5-9,14,17H,3-4,10-13H2,1-2H3,(H,22,26)(H,24,25). The van der Waals surface area contributed by atoms with Gasteiger partial charge in [0.1, 0.15) is 0 Å². The minimum absolute atomic E-state index is 0.0204. The van der Waals surface area contributed by atoms with E-state index in [1.807, 2.05) is 41.9 Å². The molecule has 0 bridgehead atoms. The Bertz CT molecular complexity index is 725. The van der Waals surface area contributed by atoms with Crippen LogP contribution in [0.4, 0.5) is 0 Å². The van der Waals surface area contributed by atoms with Crippen molar-refractivity contribution in [3.63, 3.8) is 0 Å². The van der Waals surface area contributed by atoms with Gasteiger partial charge in [-0.3, -0.25) is 14.3 Å². The molecular formula is C20H27N3O3. The predicted octanol–water partition coefficient (Wildman–Crippen LogP) is 3.20. The summed E-state index contributed by atoms with van der Waals surface area (Å²) in [4.78, 5) is 23.6. The lowest BCUT2D eigenvalue weighted by Gasteiger charge is -2.18. The van der Waals surface area contributed by atoms with Crippen molar-refractivity contribution in [2.75, 3.05) is 0 Å². The SMILES string of the molecule is CCCCn1ncc(C(=O)NC(CCC(=O)O)Cc2ccccc2)c1C. The first-order valence-corrected chi connectivity index (χ1v) is 9.10. The van der Waals surface area contributed by atoms with Crippen LogP contribution < -0.4 is 5.32 Å². The number of hydrogen-bond donors (Lipinski definition) is 2. The zero-order valence-corrected chi connectivity index (χ0v) is 15.4.